The minimum atomic E-state index is -3.71. The normalized spacial score (nSPS) is 14.4. The number of ether oxygens (including phenoxy) is 4. The number of carbonyl (C=O) groups excluding carboxylic acids is 3. The van der Waals surface area contributed by atoms with Crippen LogP contribution < -0.4 is 0 Å². The Bertz CT molecular complexity index is 698. The van der Waals surface area contributed by atoms with Crippen molar-refractivity contribution in [2.45, 2.75) is 31.3 Å². The highest BCUT2D eigenvalue weighted by Gasteiger charge is 2.42. The Labute approximate surface area is 180 Å². The highest BCUT2D eigenvalue weighted by Crippen LogP contribution is 2.53. The summed E-state index contributed by atoms with van der Waals surface area (Å²) in [4.78, 5) is 44.4. The van der Waals surface area contributed by atoms with Crippen molar-refractivity contribution in [3.63, 3.8) is 0 Å². The Kier molecular flexibility index (Phi) is 13.6. The van der Waals surface area contributed by atoms with E-state index < -0.39 is 43.6 Å². The summed E-state index contributed by atoms with van der Waals surface area (Å²) < 4.78 is 39.6. The number of rotatable bonds is 9. The quantitative estimate of drug-likeness (QED) is 0.224. The number of carboxylic acid groups (broad SMARTS) is 1. The monoisotopic (exact) mass is 468 g/mol. The zero-order valence-electron chi connectivity index (χ0n) is 18.2. The van der Waals surface area contributed by atoms with E-state index >= 15 is 0 Å². The summed E-state index contributed by atoms with van der Waals surface area (Å²) in [5.74, 6) is -3.12. The summed E-state index contributed by atoms with van der Waals surface area (Å²) in [6.07, 6.45) is 0.570. The molecule has 1 unspecified atom stereocenters. The van der Waals surface area contributed by atoms with Gasteiger partial charge >= 0.3 is 31.5 Å². The molecule has 178 valence electrons. The van der Waals surface area contributed by atoms with E-state index in [-0.39, 0.29) is 12.0 Å². The topological polar surface area (TPSA) is 161 Å². The molecule has 1 saturated heterocycles. The van der Waals surface area contributed by atoms with Gasteiger partial charge in [-0.05, 0) is 12.8 Å². The zero-order valence-corrected chi connectivity index (χ0v) is 19.1. The summed E-state index contributed by atoms with van der Waals surface area (Å²) in [7, 11) is 2.05. The fourth-order valence-electron chi connectivity index (χ4n) is 2.52. The maximum absolute atomic E-state index is 11.9. The van der Waals surface area contributed by atoms with E-state index in [4.69, 9.17) is 9.84 Å². The predicted molar refractivity (Wildman–Crippen MR) is 105 cm³/mol. The third-order valence-electron chi connectivity index (χ3n) is 4.28. The highest BCUT2D eigenvalue weighted by molar-refractivity contribution is 7.55. The molecule has 31 heavy (non-hydrogen) atoms. The van der Waals surface area contributed by atoms with E-state index in [2.05, 4.69) is 23.3 Å². The van der Waals surface area contributed by atoms with Crippen LogP contribution in [0.15, 0.2) is 11.1 Å². The van der Waals surface area contributed by atoms with Crippen molar-refractivity contribution in [2.75, 3.05) is 48.8 Å². The number of methoxy groups -OCH3 is 3. The van der Waals surface area contributed by atoms with Crippen LogP contribution in [0.4, 0.5) is 0 Å². The molecule has 1 aliphatic heterocycles. The molecule has 0 aromatic carbocycles. The molecule has 0 saturated carbocycles. The highest BCUT2D eigenvalue weighted by atomic mass is 31.2. The number of carbonyl (C=O) groups is 4. The van der Waals surface area contributed by atoms with Crippen LogP contribution in [0.5, 0.6) is 0 Å². The van der Waals surface area contributed by atoms with Gasteiger partial charge in [-0.3, -0.25) is 18.9 Å². The van der Waals surface area contributed by atoms with Gasteiger partial charge < -0.3 is 33.1 Å². The van der Waals surface area contributed by atoms with Gasteiger partial charge in [0.25, 0.3) is 0 Å². The molecule has 1 aliphatic rings. The molecule has 1 rings (SSSR count). The average molecular weight is 468 g/mol. The molecule has 0 radical (unpaired) electrons. The minimum absolute atomic E-state index is 0.158. The van der Waals surface area contributed by atoms with Gasteiger partial charge in [0.15, 0.2) is 5.66 Å². The number of esters is 3. The summed E-state index contributed by atoms with van der Waals surface area (Å²) in [5.41, 5.74) is -0.371. The van der Waals surface area contributed by atoms with Crippen molar-refractivity contribution in [1.29, 1.82) is 0 Å². The van der Waals surface area contributed by atoms with Gasteiger partial charge in [0.2, 0.25) is 0 Å². The molecule has 1 fully saturated rings. The SMILES string of the molecule is COC(=O)CC(C(=O)O)=C1CCOCC1.COC(=O)CC(C(=O)OC)P(=O)(OC)OC. The Balaban J connectivity index is 0.000000581. The van der Waals surface area contributed by atoms with Crippen LogP contribution in [0.25, 0.3) is 0 Å². The zero-order chi connectivity index (χ0) is 24.0. The minimum Gasteiger partial charge on any atom is -0.478 e. The lowest BCUT2D eigenvalue weighted by molar-refractivity contribution is -0.147. The number of hydrogen-bond acceptors (Lipinski definition) is 11. The molecule has 13 heteroatoms. The standard InChI is InChI=1S/C10H14O5.C8H15O7P/c1-14-9(11)6-8(10(12)13)7-2-4-15-5-3-7;1-12-7(9)5-6(8(10)13-2)16(11,14-3)15-4/h2-6H2,1H3,(H,12,13);6H,5H2,1-4H3. The van der Waals surface area contributed by atoms with Crippen LogP contribution in [0.2, 0.25) is 0 Å². The number of carboxylic acids is 1. The number of hydrogen-bond donors (Lipinski definition) is 1. The van der Waals surface area contributed by atoms with Crippen molar-refractivity contribution in [3.8, 4) is 0 Å². The average Bonchev–Trinajstić information content (AvgIpc) is 2.80. The van der Waals surface area contributed by atoms with Crippen molar-refractivity contribution in [2.24, 2.45) is 0 Å². The van der Waals surface area contributed by atoms with Gasteiger partial charge in [-0.1, -0.05) is 5.57 Å². The molecule has 12 nitrogen and oxygen atoms in total. The molecule has 0 amide bonds. The first-order chi connectivity index (χ1) is 14.6. The smallest absolute Gasteiger partial charge is 0.344 e. The van der Waals surface area contributed by atoms with Crippen LogP contribution >= 0.6 is 7.60 Å². The van der Waals surface area contributed by atoms with Gasteiger partial charge in [0.05, 0.1) is 47.4 Å². The van der Waals surface area contributed by atoms with E-state index in [0.29, 0.717) is 26.1 Å². The van der Waals surface area contributed by atoms with Crippen molar-refractivity contribution < 1.29 is 56.8 Å². The fraction of sp³-hybridized carbons (Fsp3) is 0.667. The molecule has 0 aromatic heterocycles. The van der Waals surface area contributed by atoms with E-state index in [0.717, 1.165) is 34.0 Å². The molecule has 0 aromatic rings. The summed E-state index contributed by atoms with van der Waals surface area (Å²) in [5, 5.41) is 8.96. The third-order valence-corrected chi connectivity index (χ3v) is 6.46. The van der Waals surface area contributed by atoms with Gasteiger partial charge in [0.1, 0.15) is 0 Å². The van der Waals surface area contributed by atoms with Crippen LogP contribution in [0.1, 0.15) is 25.7 Å². The molecule has 1 atom stereocenters. The molecule has 0 aliphatic carbocycles. The lowest BCUT2D eigenvalue weighted by atomic mass is 9.98. The summed E-state index contributed by atoms with van der Waals surface area (Å²) >= 11 is 0. The Morgan fingerprint density at radius 3 is 1.84 bits per heavy atom. The molecule has 0 bridgehead atoms. The van der Waals surface area contributed by atoms with Crippen molar-refractivity contribution >= 4 is 31.5 Å². The second-order valence-electron chi connectivity index (χ2n) is 5.98. The van der Waals surface area contributed by atoms with Gasteiger partial charge in [-0.2, -0.15) is 0 Å². The molecule has 0 spiro atoms. The van der Waals surface area contributed by atoms with Crippen molar-refractivity contribution in [1.82, 2.24) is 0 Å². The number of aliphatic carboxylic acids is 1. The second-order valence-corrected chi connectivity index (χ2v) is 8.41. The van der Waals surface area contributed by atoms with Gasteiger partial charge in [-0.25, -0.2) is 4.79 Å². The molecule has 1 N–H and O–H groups in total. The fourth-order valence-corrected chi connectivity index (χ4v) is 3.91. The van der Waals surface area contributed by atoms with Crippen LogP contribution in [0.3, 0.4) is 0 Å². The predicted octanol–water partition coefficient (Wildman–Crippen LogP) is 1.32. The molecule has 1 heterocycles. The first-order valence-electron chi connectivity index (χ1n) is 9.04. The lowest BCUT2D eigenvalue weighted by Gasteiger charge is -2.21. The maximum atomic E-state index is 11.9. The first kappa shape index (κ1) is 28.7. The van der Waals surface area contributed by atoms with E-state index in [1.165, 1.54) is 7.11 Å². The third kappa shape index (κ3) is 9.60. The summed E-state index contributed by atoms with van der Waals surface area (Å²) in [6.45, 7) is 1.04. The first-order valence-corrected chi connectivity index (χ1v) is 10.7. The summed E-state index contributed by atoms with van der Waals surface area (Å²) in [6, 6.07) is 0. The molecular weight excluding hydrogens is 439 g/mol. The molecular formula is C18H29O12P. The lowest BCUT2D eigenvalue weighted by Crippen LogP contribution is -2.27. The Hall–Kier alpha value is -2.27. The maximum Gasteiger partial charge on any atom is 0.344 e. The van der Waals surface area contributed by atoms with E-state index in [1.807, 2.05) is 0 Å². The van der Waals surface area contributed by atoms with Gasteiger partial charge in [0, 0.05) is 19.8 Å². The van der Waals surface area contributed by atoms with Gasteiger partial charge in [-0.15, -0.1) is 0 Å². The largest absolute Gasteiger partial charge is 0.478 e. The van der Waals surface area contributed by atoms with Crippen LogP contribution in [-0.2, 0) is 51.7 Å². The van der Waals surface area contributed by atoms with Crippen LogP contribution in [0, 0.1) is 0 Å². The van der Waals surface area contributed by atoms with Crippen molar-refractivity contribution in [3.05, 3.63) is 11.1 Å². The Morgan fingerprint density at radius 2 is 1.45 bits per heavy atom. The van der Waals surface area contributed by atoms with E-state index in [9.17, 15) is 23.7 Å². The Morgan fingerprint density at radius 1 is 0.935 bits per heavy atom. The second kappa shape index (κ2) is 14.7. The van der Waals surface area contributed by atoms with E-state index in [1.54, 1.807) is 0 Å². The van der Waals surface area contributed by atoms with Crippen LogP contribution in [-0.4, -0.2) is 83.4 Å².